The van der Waals surface area contributed by atoms with E-state index < -0.39 is 10.0 Å². The van der Waals surface area contributed by atoms with Gasteiger partial charge in [0, 0.05) is 51.9 Å². The van der Waals surface area contributed by atoms with Crippen LogP contribution in [0.4, 0.5) is 11.4 Å². The molecule has 2 aromatic carbocycles. The molecule has 0 aliphatic carbocycles. The first-order valence-electron chi connectivity index (χ1n) is 11.5. The van der Waals surface area contributed by atoms with Gasteiger partial charge in [0.15, 0.2) is 0 Å². The average Bonchev–Trinajstić information content (AvgIpc) is 2.85. The number of hydrogen-bond acceptors (Lipinski definition) is 6. The second-order valence-electron chi connectivity index (χ2n) is 8.11. The van der Waals surface area contributed by atoms with Gasteiger partial charge in [-0.1, -0.05) is 18.2 Å². The van der Waals surface area contributed by atoms with Crippen molar-refractivity contribution in [2.75, 3.05) is 62.5 Å². The number of likely N-dealkylation sites (N-methyl/N-ethyl adjacent to an activating group) is 2. The Balaban J connectivity index is 1.91. The summed E-state index contributed by atoms with van der Waals surface area (Å²) >= 11 is 0. The highest BCUT2D eigenvalue weighted by atomic mass is 32.2. The van der Waals surface area contributed by atoms with Gasteiger partial charge in [-0.2, -0.15) is 0 Å². The van der Waals surface area contributed by atoms with Crippen molar-refractivity contribution in [2.24, 2.45) is 0 Å². The van der Waals surface area contributed by atoms with Crippen LogP contribution in [-0.2, 0) is 14.8 Å². The summed E-state index contributed by atoms with van der Waals surface area (Å²) in [6, 6.07) is 13.1. The first-order chi connectivity index (χ1) is 16.3. The Hall–Kier alpha value is -3.11. The van der Waals surface area contributed by atoms with Gasteiger partial charge >= 0.3 is 0 Å². The van der Waals surface area contributed by atoms with Gasteiger partial charge in [0.1, 0.15) is 0 Å². The molecule has 2 amide bonds. The first kappa shape index (κ1) is 25.5. The Morgan fingerprint density at radius 2 is 1.68 bits per heavy atom. The third kappa shape index (κ3) is 6.06. The number of hydrogen-bond donors (Lipinski definition) is 2. The predicted octanol–water partition coefficient (Wildman–Crippen LogP) is 1.84. The van der Waals surface area contributed by atoms with Crippen LogP contribution in [0.25, 0.3) is 0 Å². The third-order valence-corrected chi connectivity index (χ3v) is 7.22. The number of amides is 2. The van der Waals surface area contributed by atoms with Gasteiger partial charge in [0.2, 0.25) is 5.91 Å². The zero-order chi connectivity index (χ0) is 24.7. The number of piperazine rings is 1. The lowest BCUT2D eigenvalue weighted by atomic mass is 10.1. The normalized spacial score (nSPS) is 13.9. The summed E-state index contributed by atoms with van der Waals surface area (Å²) in [6.45, 7) is 7.86. The molecule has 0 bridgehead atoms. The van der Waals surface area contributed by atoms with E-state index in [0.717, 1.165) is 13.1 Å². The Morgan fingerprint density at radius 3 is 2.29 bits per heavy atom. The van der Waals surface area contributed by atoms with E-state index in [1.807, 2.05) is 13.8 Å². The van der Waals surface area contributed by atoms with Gasteiger partial charge in [0.25, 0.3) is 15.9 Å². The minimum atomic E-state index is -3.85. The lowest BCUT2D eigenvalue weighted by Gasteiger charge is -2.31. The molecular formula is C24H33N5O4S. The number of sulfonamides is 1. The monoisotopic (exact) mass is 487 g/mol. The molecule has 9 nitrogen and oxygen atoms in total. The second-order valence-corrected chi connectivity index (χ2v) is 9.80. The Kier molecular flexibility index (Phi) is 8.51. The van der Waals surface area contributed by atoms with Gasteiger partial charge in [-0.15, -0.1) is 0 Å². The van der Waals surface area contributed by atoms with E-state index in [1.54, 1.807) is 48.3 Å². The molecule has 0 radical (unpaired) electrons. The highest BCUT2D eigenvalue weighted by molar-refractivity contribution is 7.92. The Labute approximate surface area is 201 Å². The number of anilines is 2. The minimum absolute atomic E-state index is 0.0505. The van der Waals surface area contributed by atoms with Gasteiger partial charge in [-0.3, -0.25) is 14.3 Å². The van der Waals surface area contributed by atoms with Crippen LogP contribution in [0.1, 0.15) is 24.2 Å². The number of benzene rings is 2. The molecule has 2 N–H and O–H groups in total. The van der Waals surface area contributed by atoms with E-state index in [1.165, 1.54) is 17.0 Å². The van der Waals surface area contributed by atoms with E-state index in [4.69, 9.17) is 0 Å². The van der Waals surface area contributed by atoms with Gasteiger partial charge in [-0.05, 0) is 44.2 Å². The van der Waals surface area contributed by atoms with Crippen molar-refractivity contribution in [1.82, 2.24) is 15.1 Å². The fourth-order valence-corrected chi connectivity index (χ4v) is 4.99. The van der Waals surface area contributed by atoms with Crippen LogP contribution < -0.4 is 14.9 Å². The molecule has 1 aliphatic heterocycles. The molecule has 1 aliphatic rings. The number of rotatable bonds is 9. The number of carbonyl (C=O) groups is 2. The SMILES string of the molecule is CCN(CC)C(=O)CN(C)C(=O)c1ccc(N2CCNCC2)c(NS(=O)(=O)c2ccccc2)c1. The molecule has 3 rings (SSSR count). The fraction of sp³-hybridized carbons (Fsp3) is 0.417. The fourth-order valence-electron chi connectivity index (χ4n) is 3.91. The van der Waals surface area contributed by atoms with Crippen LogP contribution in [0.15, 0.2) is 53.4 Å². The van der Waals surface area contributed by atoms with Gasteiger partial charge < -0.3 is 20.0 Å². The molecule has 0 spiro atoms. The summed E-state index contributed by atoms with van der Waals surface area (Å²) in [5, 5.41) is 3.28. The molecule has 34 heavy (non-hydrogen) atoms. The van der Waals surface area contributed by atoms with Gasteiger partial charge in [0.05, 0.1) is 22.8 Å². The predicted molar refractivity (Wildman–Crippen MR) is 134 cm³/mol. The summed E-state index contributed by atoms with van der Waals surface area (Å²) in [5.74, 6) is -0.490. The largest absolute Gasteiger partial charge is 0.367 e. The van der Waals surface area contributed by atoms with Crippen LogP contribution in [0, 0.1) is 0 Å². The van der Waals surface area contributed by atoms with E-state index in [-0.39, 0.29) is 23.3 Å². The summed E-state index contributed by atoms with van der Waals surface area (Å²) in [4.78, 5) is 30.8. The van der Waals surface area contributed by atoms with Crippen LogP contribution in [0.3, 0.4) is 0 Å². The second kappa shape index (κ2) is 11.3. The molecular weight excluding hydrogens is 454 g/mol. The highest BCUT2D eigenvalue weighted by Crippen LogP contribution is 2.30. The average molecular weight is 488 g/mol. The Morgan fingerprint density at radius 1 is 1.03 bits per heavy atom. The van der Waals surface area contributed by atoms with Crippen LogP contribution in [0.5, 0.6) is 0 Å². The van der Waals surface area contributed by atoms with Crippen LogP contribution >= 0.6 is 0 Å². The summed E-state index contributed by atoms with van der Waals surface area (Å²) in [7, 11) is -2.28. The Bertz CT molecular complexity index is 1100. The standard InChI is InChI=1S/C24H33N5O4S/c1-4-28(5-2)23(30)18-27(3)24(31)19-11-12-22(29-15-13-25-14-16-29)21(17-19)26-34(32,33)20-9-7-6-8-10-20/h6-12,17,25-26H,4-5,13-16,18H2,1-3H3. The van der Waals surface area contributed by atoms with Crippen molar-refractivity contribution < 1.29 is 18.0 Å². The summed E-state index contributed by atoms with van der Waals surface area (Å²) < 4.78 is 28.8. The molecule has 0 aromatic heterocycles. The molecule has 0 saturated carbocycles. The maximum Gasteiger partial charge on any atom is 0.261 e. The molecule has 0 atom stereocenters. The van der Waals surface area contributed by atoms with Crippen molar-refractivity contribution in [3.05, 3.63) is 54.1 Å². The van der Waals surface area contributed by atoms with Crippen molar-refractivity contribution in [3.8, 4) is 0 Å². The zero-order valence-corrected chi connectivity index (χ0v) is 20.8. The molecule has 10 heteroatoms. The van der Waals surface area contributed by atoms with E-state index >= 15 is 0 Å². The lowest BCUT2D eigenvalue weighted by molar-refractivity contribution is -0.131. The quantitative estimate of drug-likeness (QED) is 0.560. The molecule has 2 aromatic rings. The zero-order valence-electron chi connectivity index (χ0n) is 20.0. The smallest absolute Gasteiger partial charge is 0.261 e. The van der Waals surface area contributed by atoms with E-state index in [0.29, 0.717) is 43.1 Å². The summed E-state index contributed by atoms with van der Waals surface area (Å²) in [5.41, 5.74) is 1.35. The van der Waals surface area contributed by atoms with Crippen molar-refractivity contribution in [3.63, 3.8) is 0 Å². The van der Waals surface area contributed by atoms with Crippen molar-refractivity contribution >= 4 is 33.2 Å². The molecule has 184 valence electrons. The summed E-state index contributed by atoms with van der Waals surface area (Å²) in [6.07, 6.45) is 0. The van der Waals surface area contributed by atoms with E-state index in [9.17, 15) is 18.0 Å². The number of carbonyl (C=O) groups excluding carboxylic acids is 2. The van der Waals surface area contributed by atoms with Crippen LogP contribution in [-0.4, -0.2) is 82.9 Å². The topological polar surface area (TPSA) is 102 Å². The maximum atomic E-state index is 13.1. The molecule has 1 saturated heterocycles. The van der Waals surface area contributed by atoms with Crippen LogP contribution in [0.2, 0.25) is 0 Å². The molecule has 1 fully saturated rings. The van der Waals surface area contributed by atoms with Crippen molar-refractivity contribution in [2.45, 2.75) is 18.7 Å². The number of nitrogens with one attached hydrogen (secondary N) is 2. The highest BCUT2D eigenvalue weighted by Gasteiger charge is 2.23. The lowest BCUT2D eigenvalue weighted by Crippen LogP contribution is -2.44. The van der Waals surface area contributed by atoms with Gasteiger partial charge in [-0.25, -0.2) is 8.42 Å². The third-order valence-electron chi connectivity index (χ3n) is 5.83. The van der Waals surface area contributed by atoms with Crippen molar-refractivity contribution in [1.29, 1.82) is 0 Å². The van der Waals surface area contributed by atoms with E-state index in [2.05, 4.69) is 14.9 Å². The molecule has 1 heterocycles. The minimum Gasteiger partial charge on any atom is -0.367 e. The number of nitrogens with zero attached hydrogens (tertiary/aromatic N) is 3. The first-order valence-corrected chi connectivity index (χ1v) is 13.0. The molecule has 0 unspecified atom stereocenters. The maximum absolute atomic E-state index is 13.1.